The summed E-state index contributed by atoms with van der Waals surface area (Å²) in [5, 5.41) is 18.9. The quantitative estimate of drug-likeness (QED) is 0.551. The summed E-state index contributed by atoms with van der Waals surface area (Å²) in [7, 11) is 0. The van der Waals surface area contributed by atoms with Crippen LogP contribution in [0.15, 0.2) is 11.6 Å². The molecular formula is C16H20N2. The molecule has 0 aromatic rings. The Bertz CT molecular complexity index is 434. The Kier molecular flexibility index (Phi) is 5.48. The van der Waals surface area contributed by atoms with Gasteiger partial charge in [0.1, 0.15) is 0 Å². The van der Waals surface area contributed by atoms with Crippen LogP contribution in [0.1, 0.15) is 52.4 Å². The highest BCUT2D eigenvalue weighted by atomic mass is 14.4. The van der Waals surface area contributed by atoms with Gasteiger partial charge in [0.15, 0.2) is 5.41 Å². The third-order valence-electron chi connectivity index (χ3n) is 3.60. The molecule has 2 heteroatoms. The van der Waals surface area contributed by atoms with Crippen LogP contribution in [0.4, 0.5) is 0 Å². The Hall–Kier alpha value is -1.72. The van der Waals surface area contributed by atoms with Gasteiger partial charge in [0, 0.05) is 6.42 Å². The van der Waals surface area contributed by atoms with Crippen LogP contribution in [0.2, 0.25) is 0 Å². The zero-order valence-corrected chi connectivity index (χ0v) is 11.3. The first kappa shape index (κ1) is 14.3. The van der Waals surface area contributed by atoms with E-state index < -0.39 is 5.41 Å². The maximum Gasteiger partial charge on any atom is 0.175 e. The number of rotatable bonds is 4. The molecule has 0 saturated carbocycles. The number of nitriles is 2. The molecule has 0 aromatic carbocycles. The van der Waals surface area contributed by atoms with Gasteiger partial charge in [-0.3, -0.25) is 0 Å². The van der Waals surface area contributed by atoms with Crippen molar-refractivity contribution in [1.82, 2.24) is 0 Å². The van der Waals surface area contributed by atoms with Crippen LogP contribution in [0.3, 0.4) is 0 Å². The summed E-state index contributed by atoms with van der Waals surface area (Å²) in [5.74, 6) is 6.10. The van der Waals surface area contributed by atoms with Gasteiger partial charge in [0.2, 0.25) is 0 Å². The lowest BCUT2D eigenvalue weighted by Crippen LogP contribution is -2.26. The van der Waals surface area contributed by atoms with Gasteiger partial charge >= 0.3 is 0 Å². The first-order valence-corrected chi connectivity index (χ1v) is 6.66. The van der Waals surface area contributed by atoms with Gasteiger partial charge < -0.3 is 0 Å². The van der Waals surface area contributed by atoms with Crippen molar-refractivity contribution in [3.8, 4) is 24.0 Å². The third-order valence-corrected chi connectivity index (χ3v) is 3.60. The summed E-state index contributed by atoms with van der Waals surface area (Å²) in [6.45, 7) is 3.90. The topological polar surface area (TPSA) is 47.6 Å². The van der Waals surface area contributed by atoms with E-state index in [2.05, 4.69) is 37.0 Å². The number of hydrogen-bond acceptors (Lipinski definition) is 2. The molecule has 18 heavy (non-hydrogen) atoms. The van der Waals surface area contributed by atoms with Gasteiger partial charge in [0.05, 0.1) is 12.1 Å². The van der Waals surface area contributed by atoms with Crippen LogP contribution in [0.5, 0.6) is 0 Å². The predicted octanol–water partition coefficient (Wildman–Crippen LogP) is 3.96. The van der Waals surface area contributed by atoms with Crippen LogP contribution < -0.4 is 0 Å². The van der Waals surface area contributed by atoms with Gasteiger partial charge in [-0.05, 0) is 44.1 Å². The summed E-state index contributed by atoms with van der Waals surface area (Å²) in [6, 6.07) is 4.45. The lowest BCUT2D eigenvalue weighted by molar-refractivity contribution is 0.410. The van der Waals surface area contributed by atoms with Crippen LogP contribution in [0.25, 0.3) is 0 Å². The minimum Gasteiger partial charge on any atom is -0.196 e. The van der Waals surface area contributed by atoms with Crippen molar-refractivity contribution in [2.45, 2.75) is 52.4 Å². The average Bonchev–Trinajstić information content (AvgIpc) is 2.42. The van der Waals surface area contributed by atoms with Crippen molar-refractivity contribution < 1.29 is 0 Å². The highest BCUT2D eigenvalue weighted by Gasteiger charge is 2.38. The van der Waals surface area contributed by atoms with Crippen molar-refractivity contribution >= 4 is 0 Å². The number of allylic oxidation sites excluding steroid dienone is 2. The molecule has 1 aliphatic rings. The maximum atomic E-state index is 9.46. The molecule has 0 fully saturated rings. The minimum absolute atomic E-state index is 0.336. The fraction of sp³-hybridized carbons (Fsp3) is 0.625. The van der Waals surface area contributed by atoms with Gasteiger partial charge in [-0.2, -0.15) is 10.5 Å². The summed E-state index contributed by atoms with van der Waals surface area (Å²) in [4.78, 5) is 0. The van der Waals surface area contributed by atoms with Crippen LogP contribution in [-0.2, 0) is 0 Å². The lowest BCUT2D eigenvalue weighted by atomic mass is 9.69. The number of hydrogen-bond donors (Lipinski definition) is 0. The molecule has 0 radical (unpaired) electrons. The fourth-order valence-electron chi connectivity index (χ4n) is 2.67. The molecule has 1 aliphatic carbocycles. The van der Waals surface area contributed by atoms with E-state index in [9.17, 15) is 10.5 Å². The fourth-order valence-corrected chi connectivity index (χ4v) is 2.67. The Labute approximate surface area is 110 Å². The Morgan fingerprint density at radius 2 is 2.11 bits per heavy atom. The second kappa shape index (κ2) is 6.88. The Balaban J connectivity index is 3.10. The molecule has 0 spiro atoms. The second-order valence-electron chi connectivity index (χ2n) is 4.81. The largest absolute Gasteiger partial charge is 0.196 e. The molecule has 0 N–H and O–H groups in total. The first-order chi connectivity index (χ1) is 8.74. The molecule has 1 unspecified atom stereocenters. The first-order valence-electron chi connectivity index (χ1n) is 6.66. The number of nitrogens with zero attached hydrogens (tertiary/aromatic N) is 2. The van der Waals surface area contributed by atoms with Gasteiger partial charge in [-0.15, -0.1) is 11.8 Å². The second-order valence-corrected chi connectivity index (χ2v) is 4.81. The molecule has 0 amide bonds. The standard InChI is InChI=1S/C16H20N2/c1-3-5-11-16(12-17,13-18)15-10-7-6-9-14(15)8-4-2/h10,14H,4,6-9,11H2,1-2H3. The van der Waals surface area contributed by atoms with Gasteiger partial charge in [0.25, 0.3) is 0 Å². The van der Waals surface area contributed by atoms with E-state index in [1.807, 2.05) is 0 Å². The highest BCUT2D eigenvalue weighted by Crippen LogP contribution is 2.41. The molecule has 0 heterocycles. The van der Waals surface area contributed by atoms with E-state index in [1.165, 1.54) is 6.42 Å². The van der Waals surface area contributed by atoms with Gasteiger partial charge in [-0.25, -0.2) is 0 Å². The highest BCUT2D eigenvalue weighted by molar-refractivity contribution is 5.37. The molecule has 0 aliphatic heterocycles. The molecular weight excluding hydrogens is 220 g/mol. The van der Waals surface area contributed by atoms with E-state index in [4.69, 9.17) is 0 Å². The van der Waals surface area contributed by atoms with E-state index in [-0.39, 0.29) is 0 Å². The molecule has 94 valence electrons. The Morgan fingerprint density at radius 1 is 1.39 bits per heavy atom. The zero-order valence-electron chi connectivity index (χ0n) is 11.3. The zero-order chi connectivity index (χ0) is 13.4. The molecule has 0 bridgehead atoms. The molecule has 2 nitrogen and oxygen atoms in total. The van der Waals surface area contributed by atoms with E-state index in [0.717, 1.165) is 31.3 Å². The predicted molar refractivity (Wildman–Crippen MR) is 72.1 cm³/mol. The summed E-state index contributed by atoms with van der Waals surface area (Å²) in [6.07, 6.45) is 7.87. The van der Waals surface area contributed by atoms with Crippen molar-refractivity contribution in [2.24, 2.45) is 11.3 Å². The molecule has 0 aromatic heterocycles. The third kappa shape index (κ3) is 2.94. The molecule has 1 rings (SSSR count). The van der Waals surface area contributed by atoms with Crippen LogP contribution in [-0.4, -0.2) is 0 Å². The average molecular weight is 240 g/mol. The lowest BCUT2D eigenvalue weighted by Gasteiger charge is -2.31. The van der Waals surface area contributed by atoms with Crippen molar-refractivity contribution in [3.05, 3.63) is 11.6 Å². The maximum absolute atomic E-state index is 9.46. The van der Waals surface area contributed by atoms with Crippen LogP contribution in [0, 0.1) is 45.8 Å². The van der Waals surface area contributed by atoms with Crippen molar-refractivity contribution in [2.75, 3.05) is 0 Å². The molecule has 1 atom stereocenters. The van der Waals surface area contributed by atoms with Crippen LogP contribution >= 0.6 is 0 Å². The van der Waals surface area contributed by atoms with E-state index in [1.54, 1.807) is 6.92 Å². The molecule has 0 saturated heterocycles. The SMILES string of the molecule is CC#CCC(C#N)(C#N)C1=CCCCC1CCC. The van der Waals surface area contributed by atoms with Gasteiger partial charge in [-0.1, -0.05) is 19.4 Å². The van der Waals surface area contributed by atoms with E-state index in [0.29, 0.717) is 12.3 Å². The summed E-state index contributed by atoms with van der Waals surface area (Å²) < 4.78 is 0. The summed E-state index contributed by atoms with van der Waals surface area (Å²) >= 11 is 0. The monoisotopic (exact) mass is 240 g/mol. The van der Waals surface area contributed by atoms with E-state index >= 15 is 0 Å². The van der Waals surface area contributed by atoms with Crippen molar-refractivity contribution in [1.29, 1.82) is 10.5 Å². The normalized spacial score (nSPS) is 18.9. The smallest absolute Gasteiger partial charge is 0.175 e. The van der Waals surface area contributed by atoms with Crippen molar-refractivity contribution in [3.63, 3.8) is 0 Å². The summed E-state index contributed by atoms with van der Waals surface area (Å²) in [5.41, 5.74) is 0.00634. The Morgan fingerprint density at radius 3 is 2.67 bits per heavy atom. The minimum atomic E-state index is -1.02.